The lowest BCUT2D eigenvalue weighted by Gasteiger charge is -2.20. The van der Waals surface area contributed by atoms with Gasteiger partial charge in [-0.15, -0.1) is 0 Å². The van der Waals surface area contributed by atoms with E-state index < -0.39 is 15.6 Å². The quantitative estimate of drug-likeness (QED) is 0.0838. The summed E-state index contributed by atoms with van der Waals surface area (Å²) in [5, 5.41) is 0. The molecule has 215 valence electrons. The molecular weight excluding hydrogens is 562 g/mol. The van der Waals surface area contributed by atoms with Gasteiger partial charge in [0.2, 0.25) is 0 Å². The zero-order valence-electron chi connectivity index (χ0n) is 22.5. The predicted molar refractivity (Wildman–Crippen MR) is 156 cm³/mol. The van der Waals surface area contributed by atoms with E-state index in [2.05, 4.69) is 0 Å². The van der Waals surface area contributed by atoms with Gasteiger partial charge in [0, 0.05) is 6.42 Å². The fourth-order valence-electron chi connectivity index (χ4n) is 3.47. The van der Waals surface area contributed by atoms with Crippen LogP contribution >= 0.6 is 15.6 Å². The van der Waals surface area contributed by atoms with E-state index in [0.717, 1.165) is 22.3 Å². The summed E-state index contributed by atoms with van der Waals surface area (Å²) in [4.78, 5) is 0. The summed E-state index contributed by atoms with van der Waals surface area (Å²) in [6.45, 7) is -0.145. The molecule has 8 nitrogen and oxygen atoms in total. The van der Waals surface area contributed by atoms with Gasteiger partial charge in [0.15, 0.2) is 0 Å². The van der Waals surface area contributed by atoms with Gasteiger partial charge in [-0.25, -0.2) is 9.13 Å². The lowest BCUT2D eigenvalue weighted by atomic mass is 10.2. The molecule has 0 unspecified atom stereocenters. The lowest BCUT2D eigenvalue weighted by molar-refractivity contribution is 0.0969. The zero-order valence-corrected chi connectivity index (χ0v) is 24.3. The molecule has 0 N–H and O–H groups in total. The van der Waals surface area contributed by atoms with Crippen LogP contribution in [-0.2, 0) is 62.7 Å². The maximum atomic E-state index is 13.4. The molecule has 1 radical (unpaired) electrons. The number of phosphoric ester groups is 2. The summed E-state index contributed by atoms with van der Waals surface area (Å²) in [6.07, 6.45) is 1.51. The Morgan fingerprint density at radius 1 is 0.390 bits per heavy atom. The van der Waals surface area contributed by atoms with E-state index in [1.807, 2.05) is 121 Å². The Morgan fingerprint density at radius 3 is 0.878 bits per heavy atom. The smallest absolute Gasteiger partial charge is 0.286 e. The second-order valence-corrected chi connectivity index (χ2v) is 12.1. The third-order valence-corrected chi connectivity index (χ3v) is 8.34. The summed E-state index contributed by atoms with van der Waals surface area (Å²) >= 11 is 0. The molecule has 0 atom stereocenters. The van der Waals surface area contributed by atoms with Crippen molar-refractivity contribution in [3.63, 3.8) is 0 Å². The van der Waals surface area contributed by atoms with Crippen molar-refractivity contribution in [2.24, 2.45) is 0 Å². The van der Waals surface area contributed by atoms with Crippen molar-refractivity contribution in [1.82, 2.24) is 0 Å². The van der Waals surface area contributed by atoms with E-state index in [1.165, 1.54) is 6.42 Å². The first kappa shape index (κ1) is 31.0. The van der Waals surface area contributed by atoms with Gasteiger partial charge in [0.05, 0.1) is 39.6 Å². The largest absolute Gasteiger partial charge is 0.475 e. The van der Waals surface area contributed by atoms with Crippen molar-refractivity contribution in [2.45, 2.75) is 26.4 Å². The van der Waals surface area contributed by atoms with E-state index in [1.54, 1.807) is 0 Å². The summed E-state index contributed by atoms with van der Waals surface area (Å²) in [5.74, 6) is 0. The Labute approximate surface area is 241 Å². The maximum absolute atomic E-state index is 13.4. The summed E-state index contributed by atoms with van der Waals surface area (Å²) < 4.78 is 60.3. The lowest BCUT2D eigenvalue weighted by Crippen LogP contribution is -2.07. The number of hydrogen-bond donors (Lipinski definition) is 0. The first-order valence-electron chi connectivity index (χ1n) is 13.1. The minimum absolute atomic E-state index is 0.0409. The average molecular weight is 596 g/mol. The van der Waals surface area contributed by atoms with Crippen LogP contribution in [0.1, 0.15) is 22.3 Å². The number of phosphoric acid groups is 2. The molecular formula is C31H33O8P2. The summed E-state index contributed by atoms with van der Waals surface area (Å²) in [6, 6.07) is 37.2. The van der Waals surface area contributed by atoms with Gasteiger partial charge in [-0.05, 0) is 22.3 Å². The molecule has 0 aliphatic rings. The highest BCUT2D eigenvalue weighted by molar-refractivity contribution is 7.48. The molecule has 0 aromatic heterocycles. The van der Waals surface area contributed by atoms with Crippen LogP contribution in [0.3, 0.4) is 0 Å². The molecule has 4 aromatic carbocycles. The minimum Gasteiger partial charge on any atom is -0.286 e. The third-order valence-electron chi connectivity index (χ3n) is 5.63. The van der Waals surface area contributed by atoms with Gasteiger partial charge in [0.1, 0.15) is 0 Å². The molecule has 0 aliphatic carbocycles. The summed E-state index contributed by atoms with van der Waals surface area (Å²) in [7, 11) is -7.91. The van der Waals surface area contributed by atoms with Crippen molar-refractivity contribution < 1.29 is 36.3 Å². The van der Waals surface area contributed by atoms with Crippen LogP contribution in [0.2, 0.25) is 0 Å². The molecule has 0 bridgehead atoms. The van der Waals surface area contributed by atoms with E-state index >= 15 is 0 Å². The van der Waals surface area contributed by atoms with E-state index in [4.69, 9.17) is 27.1 Å². The van der Waals surface area contributed by atoms with Crippen molar-refractivity contribution in [3.05, 3.63) is 150 Å². The van der Waals surface area contributed by atoms with Crippen LogP contribution in [0.5, 0.6) is 0 Å². The highest BCUT2D eigenvalue weighted by atomic mass is 31.2. The number of benzene rings is 4. The molecule has 41 heavy (non-hydrogen) atoms. The molecule has 0 saturated carbocycles. The van der Waals surface area contributed by atoms with Crippen LogP contribution in [0.25, 0.3) is 0 Å². The zero-order chi connectivity index (χ0) is 28.6. The Hall–Kier alpha value is -2.90. The maximum Gasteiger partial charge on any atom is 0.475 e. The van der Waals surface area contributed by atoms with Crippen LogP contribution in [-0.4, -0.2) is 13.2 Å². The van der Waals surface area contributed by atoms with Crippen molar-refractivity contribution in [3.8, 4) is 0 Å². The molecule has 0 fully saturated rings. The Kier molecular flexibility index (Phi) is 12.5. The van der Waals surface area contributed by atoms with E-state index in [-0.39, 0.29) is 39.6 Å². The standard InChI is InChI=1S/C31H33O8P2/c32-40(36-24-28-14-5-1-6-15-28,37-25-29-16-7-2-8-17-29)34-22-13-23-35-41(33,38-26-30-18-9-3-10-19-30)39-27-31-20-11-4-12-21-31/h1-21H,22-27H2. The Balaban J connectivity index is 1.31. The summed E-state index contributed by atoms with van der Waals surface area (Å²) in [5.41, 5.74) is 3.27. The topological polar surface area (TPSA) is 89.5 Å². The Bertz CT molecular complexity index is 1170. The second kappa shape index (κ2) is 16.5. The minimum atomic E-state index is -3.96. The van der Waals surface area contributed by atoms with Gasteiger partial charge in [0.25, 0.3) is 0 Å². The van der Waals surface area contributed by atoms with Crippen LogP contribution in [0, 0.1) is 6.42 Å². The van der Waals surface area contributed by atoms with E-state index in [0.29, 0.717) is 0 Å². The first-order chi connectivity index (χ1) is 20.0. The van der Waals surface area contributed by atoms with Gasteiger partial charge in [-0.1, -0.05) is 121 Å². The predicted octanol–water partition coefficient (Wildman–Crippen LogP) is 8.31. The fraction of sp³-hybridized carbons (Fsp3) is 0.194. The molecule has 0 saturated heterocycles. The molecule has 0 spiro atoms. The normalized spacial score (nSPS) is 11.9. The van der Waals surface area contributed by atoms with E-state index in [9.17, 15) is 9.13 Å². The fourth-order valence-corrected chi connectivity index (χ4v) is 5.72. The molecule has 0 heterocycles. The Morgan fingerprint density at radius 2 is 0.634 bits per heavy atom. The third kappa shape index (κ3) is 11.5. The molecule has 4 rings (SSSR count). The number of rotatable bonds is 18. The van der Waals surface area contributed by atoms with Crippen molar-refractivity contribution >= 4 is 15.6 Å². The molecule has 10 heteroatoms. The van der Waals surface area contributed by atoms with Gasteiger partial charge < -0.3 is 0 Å². The average Bonchev–Trinajstić information content (AvgIpc) is 3.03. The van der Waals surface area contributed by atoms with Crippen molar-refractivity contribution in [2.75, 3.05) is 13.2 Å². The SMILES string of the molecule is O=P(OC[CH]COP(=O)(OCc1ccccc1)OCc1ccccc1)(OCc1ccccc1)OCc1ccccc1. The van der Waals surface area contributed by atoms with Gasteiger partial charge in [-0.2, -0.15) is 0 Å². The van der Waals surface area contributed by atoms with Crippen LogP contribution in [0.4, 0.5) is 0 Å². The molecule has 0 amide bonds. The monoisotopic (exact) mass is 595 g/mol. The number of hydrogen-bond acceptors (Lipinski definition) is 8. The highest BCUT2D eigenvalue weighted by Gasteiger charge is 2.29. The van der Waals surface area contributed by atoms with Crippen molar-refractivity contribution in [1.29, 1.82) is 0 Å². The van der Waals surface area contributed by atoms with Gasteiger partial charge in [-0.3, -0.25) is 27.1 Å². The highest BCUT2D eigenvalue weighted by Crippen LogP contribution is 2.52. The second-order valence-electron chi connectivity index (χ2n) is 8.81. The van der Waals surface area contributed by atoms with Crippen LogP contribution in [0.15, 0.2) is 121 Å². The first-order valence-corrected chi connectivity index (χ1v) is 16.0. The van der Waals surface area contributed by atoms with Gasteiger partial charge >= 0.3 is 15.6 Å². The van der Waals surface area contributed by atoms with Crippen LogP contribution < -0.4 is 0 Å². The molecule has 4 aromatic rings. The molecule has 0 aliphatic heterocycles.